The summed E-state index contributed by atoms with van der Waals surface area (Å²) in [5.41, 5.74) is 4.22. The number of aryl methyl sites for hydroxylation is 1. The van der Waals surface area contributed by atoms with Crippen molar-refractivity contribution in [3.63, 3.8) is 0 Å². The van der Waals surface area contributed by atoms with Gasteiger partial charge in [0.2, 0.25) is 5.91 Å². The fraction of sp³-hybridized carbons (Fsp3) is 0.185. The molecule has 3 aromatic rings. The first-order valence-corrected chi connectivity index (χ1v) is 10.7. The van der Waals surface area contributed by atoms with E-state index in [0.29, 0.717) is 36.3 Å². The van der Waals surface area contributed by atoms with E-state index in [4.69, 9.17) is 9.47 Å². The molecule has 2 heterocycles. The molecular weight excluding hydrogens is 402 g/mol. The zero-order valence-electron chi connectivity index (χ0n) is 17.6. The van der Waals surface area contributed by atoms with E-state index in [9.17, 15) is 9.59 Å². The minimum Gasteiger partial charge on any atom is -0.487 e. The third kappa shape index (κ3) is 3.66. The maximum Gasteiger partial charge on any atom is 0.334 e. The number of nitrogens with one attached hydrogen (secondary N) is 1. The molecule has 2 aliphatic heterocycles. The van der Waals surface area contributed by atoms with E-state index in [1.165, 1.54) is 0 Å². The molecule has 0 bridgehead atoms. The van der Waals surface area contributed by atoms with Crippen LogP contribution in [0.1, 0.15) is 24.0 Å². The van der Waals surface area contributed by atoms with Crippen LogP contribution in [0.5, 0.6) is 5.75 Å². The lowest BCUT2D eigenvalue weighted by Crippen LogP contribution is -2.33. The van der Waals surface area contributed by atoms with Crippen molar-refractivity contribution in [2.24, 2.45) is 0 Å². The third-order valence-corrected chi connectivity index (χ3v) is 6.05. The lowest BCUT2D eigenvalue weighted by atomic mass is 9.89. The summed E-state index contributed by atoms with van der Waals surface area (Å²) in [6, 6.07) is 23.8. The van der Waals surface area contributed by atoms with Crippen LogP contribution in [0.15, 0.2) is 84.9 Å². The number of esters is 1. The van der Waals surface area contributed by atoms with Crippen molar-refractivity contribution in [3.8, 4) is 16.9 Å². The molecule has 32 heavy (non-hydrogen) atoms. The maximum absolute atomic E-state index is 12.3. The summed E-state index contributed by atoms with van der Waals surface area (Å²) in [5, 5.41) is 2.91. The lowest BCUT2D eigenvalue weighted by molar-refractivity contribution is -0.150. The highest BCUT2D eigenvalue weighted by Gasteiger charge is 2.45. The van der Waals surface area contributed by atoms with E-state index in [0.717, 1.165) is 22.3 Å². The average molecular weight is 425 g/mol. The first kappa shape index (κ1) is 20.1. The van der Waals surface area contributed by atoms with Crippen molar-refractivity contribution in [3.05, 3.63) is 96.1 Å². The zero-order chi connectivity index (χ0) is 22.1. The van der Waals surface area contributed by atoms with Crippen molar-refractivity contribution < 1.29 is 19.1 Å². The van der Waals surface area contributed by atoms with E-state index in [1.807, 2.05) is 60.7 Å². The van der Waals surface area contributed by atoms with Crippen LogP contribution in [0.3, 0.4) is 0 Å². The Morgan fingerprint density at radius 2 is 1.66 bits per heavy atom. The summed E-state index contributed by atoms with van der Waals surface area (Å²) >= 11 is 0. The minimum absolute atomic E-state index is 0.0274. The van der Waals surface area contributed by atoms with Gasteiger partial charge in [-0.05, 0) is 34.7 Å². The van der Waals surface area contributed by atoms with Crippen molar-refractivity contribution in [2.75, 3.05) is 11.9 Å². The second-order valence-electron chi connectivity index (χ2n) is 8.23. The fourth-order valence-corrected chi connectivity index (χ4v) is 4.32. The number of fused-ring (bicyclic) bond motifs is 1. The summed E-state index contributed by atoms with van der Waals surface area (Å²) in [6.45, 7) is 3.99. The molecule has 5 rings (SSSR count). The molecule has 0 aromatic heterocycles. The molecule has 5 heteroatoms. The number of benzene rings is 3. The number of carbonyl (C=O) groups is 2. The molecule has 1 atom stereocenters. The van der Waals surface area contributed by atoms with Gasteiger partial charge in [0.25, 0.3) is 0 Å². The molecule has 3 aromatic carbocycles. The highest BCUT2D eigenvalue weighted by atomic mass is 16.6. The molecule has 0 spiro atoms. The molecule has 5 nitrogen and oxygen atoms in total. The van der Waals surface area contributed by atoms with E-state index < -0.39 is 11.6 Å². The monoisotopic (exact) mass is 425 g/mol. The number of ether oxygens (including phenoxy) is 2. The van der Waals surface area contributed by atoms with Gasteiger partial charge in [-0.25, -0.2) is 4.79 Å². The van der Waals surface area contributed by atoms with Crippen LogP contribution in [-0.4, -0.2) is 18.5 Å². The smallest absolute Gasteiger partial charge is 0.334 e. The van der Waals surface area contributed by atoms with Crippen LogP contribution in [0.4, 0.5) is 5.69 Å². The number of anilines is 1. The van der Waals surface area contributed by atoms with Gasteiger partial charge in [0.05, 0.1) is 5.69 Å². The molecule has 2 aliphatic rings. The van der Waals surface area contributed by atoms with Crippen LogP contribution in [0.2, 0.25) is 0 Å². The Labute approximate surface area is 186 Å². The SMILES string of the molecule is C=C1CC(COc2cccc3c2NC(=O)CC3)(c2ccc(-c3ccccc3)cc2)OC1=O. The van der Waals surface area contributed by atoms with Crippen molar-refractivity contribution in [1.29, 1.82) is 0 Å². The molecule has 1 N–H and O–H groups in total. The number of hydrogen-bond acceptors (Lipinski definition) is 4. The van der Waals surface area contributed by atoms with Crippen molar-refractivity contribution in [1.82, 2.24) is 0 Å². The first-order chi connectivity index (χ1) is 15.5. The van der Waals surface area contributed by atoms with E-state index in [1.54, 1.807) is 0 Å². The largest absolute Gasteiger partial charge is 0.487 e. The Balaban J connectivity index is 1.44. The lowest BCUT2D eigenvalue weighted by Gasteiger charge is -2.29. The van der Waals surface area contributed by atoms with Crippen LogP contribution >= 0.6 is 0 Å². The van der Waals surface area contributed by atoms with Crippen LogP contribution in [-0.2, 0) is 26.3 Å². The van der Waals surface area contributed by atoms with Gasteiger partial charge in [-0.3, -0.25) is 4.79 Å². The van der Waals surface area contributed by atoms with Gasteiger partial charge in [0.1, 0.15) is 12.4 Å². The molecule has 0 saturated carbocycles. The minimum atomic E-state index is -0.967. The Bertz CT molecular complexity index is 1180. The Kier molecular flexibility index (Phi) is 5.02. The Morgan fingerprint density at radius 1 is 0.906 bits per heavy atom. The number of hydrogen-bond donors (Lipinski definition) is 1. The van der Waals surface area contributed by atoms with Crippen LogP contribution < -0.4 is 10.1 Å². The normalized spacial score (nSPS) is 19.8. The first-order valence-electron chi connectivity index (χ1n) is 10.7. The topological polar surface area (TPSA) is 64.6 Å². The van der Waals surface area contributed by atoms with Crippen molar-refractivity contribution in [2.45, 2.75) is 24.9 Å². The summed E-state index contributed by atoms with van der Waals surface area (Å²) in [4.78, 5) is 24.2. The third-order valence-electron chi connectivity index (χ3n) is 6.05. The average Bonchev–Trinajstić information content (AvgIpc) is 3.12. The fourth-order valence-electron chi connectivity index (χ4n) is 4.32. The van der Waals surface area contributed by atoms with Gasteiger partial charge >= 0.3 is 5.97 Å². The van der Waals surface area contributed by atoms with Gasteiger partial charge in [-0.1, -0.05) is 73.3 Å². The molecule has 160 valence electrons. The molecule has 1 fully saturated rings. The second kappa shape index (κ2) is 8.00. The number of cyclic esters (lactones) is 1. The van der Waals surface area contributed by atoms with E-state index in [-0.39, 0.29) is 12.5 Å². The van der Waals surface area contributed by atoms with Gasteiger partial charge in [-0.2, -0.15) is 0 Å². The molecule has 1 unspecified atom stereocenters. The van der Waals surface area contributed by atoms with Gasteiger partial charge in [0, 0.05) is 18.4 Å². The number of para-hydroxylation sites is 1. The Morgan fingerprint density at radius 3 is 2.38 bits per heavy atom. The molecular formula is C27H23NO4. The molecule has 0 radical (unpaired) electrons. The molecule has 0 aliphatic carbocycles. The Hall–Kier alpha value is -3.86. The zero-order valence-corrected chi connectivity index (χ0v) is 17.6. The highest BCUT2D eigenvalue weighted by molar-refractivity contribution is 5.95. The summed E-state index contributed by atoms with van der Waals surface area (Å²) in [5.74, 6) is 0.133. The highest BCUT2D eigenvalue weighted by Crippen LogP contribution is 2.41. The predicted molar refractivity (Wildman–Crippen MR) is 122 cm³/mol. The van der Waals surface area contributed by atoms with E-state index >= 15 is 0 Å². The predicted octanol–water partition coefficient (Wildman–Crippen LogP) is 5.02. The number of rotatable bonds is 5. The summed E-state index contributed by atoms with van der Waals surface area (Å²) in [7, 11) is 0. The number of carbonyl (C=O) groups excluding carboxylic acids is 2. The second-order valence-corrected chi connectivity index (χ2v) is 8.23. The number of amides is 1. The standard InChI is InChI=1S/C27H23NO4/c1-18-16-27(32-26(18)30,22-13-10-20(11-14-22)19-6-3-2-4-7-19)17-31-23-9-5-8-21-12-15-24(29)28-25(21)23/h2-11,13-14H,1,12,15-17H2,(H,28,29). The summed E-state index contributed by atoms with van der Waals surface area (Å²) < 4.78 is 12.0. The van der Waals surface area contributed by atoms with Crippen LogP contribution in [0, 0.1) is 0 Å². The van der Waals surface area contributed by atoms with Crippen LogP contribution in [0.25, 0.3) is 11.1 Å². The van der Waals surface area contributed by atoms with Crippen molar-refractivity contribution >= 4 is 17.6 Å². The van der Waals surface area contributed by atoms with Gasteiger partial charge in [-0.15, -0.1) is 0 Å². The maximum atomic E-state index is 12.3. The van der Waals surface area contributed by atoms with Gasteiger partial charge in [0.15, 0.2) is 5.60 Å². The molecule has 1 saturated heterocycles. The van der Waals surface area contributed by atoms with E-state index in [2.05, 4.69) is 24.0 Å². The molecule has 1 amide bonds. The summed E-state index contributed by atoms with van der Waals surface area (Å²) in [6.07, 6.45) is 1.49. The van der Waals surface area contributed by atoms with Gasteiger partial charge < -0.3 is 14.8 Å². The quantitative estimate of drug-likeness (QED) is 0.461.